The Morgan fingerprint density at radius 2 is 1.00 bits per heavy atom. The van der Waals surface area contributed by atoms with E-state index in [0.29, 0.717) is 0 Å². The molecule has 1 fully saturated rings. The van der Waals surface area contributed by atoms with Gasteiger partial charge in [0.15, 0.2) is 0 Å². The highest BCUT2D eigenvalue weighted by Crippen LogP contribution is 2.66. The minimum Gasteiger partial charge on any atom is -0.205 e. The van der Waals surface area contributed by atoms with Crippen LogP contribution >= 0.6 is 0 Å². The molecular weight excluding hydrogens is 218 g/mol. The summed E-state index contributed by atoms with van der Waals surface area (Å²) in [7, 11) is 0. The van der Waals surface area contributed by atoms with E-state index in [1.165, 1.54) is 0 Å². The van der Waals surface area contributed by atoms with Crippen LogP contribution in [0.25, 0.3) is 0 Å². The molecule has 2 heteroatoms. The van der Waals surface area contributed by atoms with Crippen LogP contribution < -0.4 is 0 Å². The molecule has 0 N–H and O–H groups in total. The highest BCUT2D eigenvalue weighted by molar-refractivity contribution is 5.42. The van der Waals surface area contributed by atoms with Crippen molar-refractivity contribution in [1.29, 1.82) is 0 Å². The molecule has 0 unspecified atom stereocenters. The summed E-state index contributed by atoms with van der Waals surface area (Å²) in [6.07, 6.45) is 0. The summed E-state index contributed by atoms with van der Waals surface area (Å²) in [5, 5.41) is 0. The molecule has 0 nitrogen and oxygen atoms in total. The molecule has 2 aromatic carbocycles. The van der Waals surface area contributed by atoms with Crippen molar-refractivity contribution in [2.24, 2.45) is 0 Å². The van der Waals surface area contributed by atoms with Crippen LogP contribution in [0.1, 0.15) is 23.0 Å². The Morgan fingerprint density at radius 3 is 1.35 bits per heavy atom. The molecule has 0 radical (unpaired) electrons. The van der Waals surface area contributed by atoms with Crippen LogP contribution in [0.5, 0.6) is 0 Å². The third kappa shape index (κ3) is 1.64. The fraction of sp³-hybridized carbons (Fsp3) is 0.200. The van der Waals surface area contributed by atoms with Crippen LogP contribution in [0, 0.1) is 0 Å². The van der Waals surface area contributed by atoms with Crippen LogP contribution in [-0.4, -0.2) is 5.92 Å². The minimum absolute atomic E-state index is 0.661. The zero-order chi connectivity index (χ0) is 11.9. The molecule has 3 rings (SSSR count). The lowest BCUT2D eigenvalue weighted by molar-refractivity contribution is 0.105. The van der Waals surface area contributed by atoms with Gasteiger partial charge in [0.05, 0.1) is 11.8 Å². The summed E-state index contributed by atoms with van der Waals surface area (Å²) >= 11 is 0. The van der Waals surface area contributed by atoms with Gasteiger partial charge in [-0.25, -0.2) is 8.78 Å². The van der Waals surface area contributed by atoms with Gasteiger partial charge >= 0.3 is 0 Å². The summed E-state index contributed by atoms with van der Waals surface area (Å²) in [5.41, 5.74) is 1.46. The second-order valence-corrected chi connectivity index (χ2v) is 4.45. The normalized spacial score (nSPS) is 25.5. The van der Waals surface area contributed by atoms with Gasteiger partial charge in [-0.15, -0.1) is 0 Å². The summed E-state index contributed by atoms with van der Waals surface area (Å²) in [5.74, 6) is -3.93. The smallest absolute Gasteiger partial charge is 0.205 e. The summed E-state index contributed by atoms with van der Waals surface area (Å²) in [4.78, 5) is 0. The van der Waals surface area contributed by atoms with Gasteiger partial charge in [-0.1, -0.05) is 60.7 Å². The first-order valence-electron chi connectivity index (χ1n) is 5.69. The predicted octanol–water partition coefficient (Wildman–Crippen LogP) is 4.20. The van der Waals surface area contributed by atoms with Gasteiger partial charge in [0, 0.05) is 0 Å². The molecule has 1 aliphatic rings. The van der Waals surface area contributed by atoms with Gasteiger partial charge in [0.1, 0.15) is 0 Å². The van der Waals surface area contributed by atoms with E-state index in [0.717, 1.165) is 11.1 Å². The monoisotopic (exact) mass is 230 g/mol. The van der Waals surface area contributed by atoms with E-state index in [4.69, 9.17) is 0 Å². The Labute approximate surface area is 98.9 Å². The lowest BCUT2D eigenvalue weighted by Gasteiger charge is -1.97. The molecule has 0 bridgehead atoms. The largest absolute Gasteiger partial charge is 0.263 e. The first-order chi connectivity index (χ1) is 8.21. The van der Waals surface area contributed by atoms with Gasteiger partial charge < -0.3 is 0 Å². The number of hydrogen-bond donors (Lipinski definition) is 0. The molecule has 0 spiro atoms. The van der Waals surface area contributed by atoms with E-state index < -0.39 is 17.8 Å². The molecule has 86 valence electrons. The van der Waals surface area contributed by atoms with Crippen molar-refractivity contribution < 1.29 is 8.78 Å². The first-order valence-corrected chi connectivity index (χ1v) is 5.69. The van der Waals surface area contributed by atoms with Crippen molar-refractivity contribution in [3.8, 4) is 0 Å². The Kier molecular flexibility index (Phi) is 2.25. The summed E-state index contributed by atoms with van der Waals surface area (Å²) < 4.78 is 27.7. The average molecular weight is 230 g/mol. The second kappa shape index (κ2) is 3.66. The molecule has 0 heterocycles. The molecule has 0 saturated heterocycles. The summed E-state index contributed by atoms with van der Waals surface area (Å²) in [6.45, 7) is 0. The molecule has 17 heavy (non-hydrogen) atoms. The Morgan fingerprint density at radius 1 is 0.647 bits per heavy atom. The third-order valence-electron chi connectivity index (χ3n) is 3.37. The second-order valence-electron chi connectivity index (χ2n) is 4.45. The van der Waals surface area contributed by atoms with Crippen molar-refractivity contribution in [2.45, 2.75) is 17.8 Å². The third-order valence-corrected chi connectivity index (χ3v) is 3.37. The highest BCUT2D eigenvalue weighted by atomic mass is 19.3. The number of benzene rings is 2. The zero-order valence-corrected chi connectivity index (χ0v) is 9.18. The number of hydrogen-bond acceptors (Lipinski definition) is 0. The quantitative estimate of drug-likeness (QED) is 0.725. The Balaban J connectivity index is 1.95. The van der Waals surface area contributed by atoms with Gasteiger partial charge in [0.25, 0.3) is 5.92 Å². The van der Waals surface area contributed by atoms with Gasteiger partial charge in [-0.05, 0) is 11.1 Å². The van der Waals surface area contributed by atoms with Crippen molar-refractivity contribution >= 4 is 0 Å². The number of alkyl halides is 2. The molecule has 2 atom stereocenters. The Bertz CT molecular complexity index is 457. The standard InChI is InChI=1S/C15H12F2/c16-15(17)13(11-7-3-1-4-8-11)14(15)12-9-5-2-6-10-12/h1-10,13-14H/t13-,14-/m0/s1. The SMILES string of the molecule is FC1(F)[C@@H](c2ccccc2)[C@@H]1c1ccccc1. The van der Waals surface area contributed by atoms with Crippen LogP contribution in [0.4, 0.5) is 8.78 Å². The summed E-state index contributed by atoms with van der Waals surface area (Å²) in [6, 6.07) is 18.1. The molecule has 1 saturated carbocycles. The van der Waals surface area contributed by atoms with Gasteiger partial charge in [-0.2, -0.15) is 0 Å². The first kappa shape index (κ1) is 10.5. The van der Waals surface area contributed by atoms with Crippen molar-refractivity contribution in [3.63, 3.8) is 0 Å². The molecule has 1 aliphatic carbocycles. The molecule has 0 amide bonds. The topological polar surface area (TPSA) is 0 Å². The highest BCUT2D eigenvalue weighted by Gasteiger charge is 2.69. The lowest BCUT2D eigenvalue weighted by atomic mass is 10.0. The van der Waals surface area contributed by atoms with Gasteiger partial charge in [-0.3, -0.25) is 0 Å². The fourth-order valence-corrected chi connectivity index (χ4v) is 2.48. The maximum atomic E-state index is 13.8. The van der Waals surface area contributed by atoms with Crippen molar-refractivity contribution in [3.05, 3.63) is 71.8 Å². The van der Waals surface area contributed by atoms with E-state index >= 15 is 0 Å². The van der Waals surface area contributed by atoms with E-state index in [9.17, 15) is 8.78 Å². The average Bonchev–Trinajstić information content (AvgIpc) is 2.94. The minimum atomic E-state index is -2.61. The van der Waals surface area contributed by atoms with Crippen molar-refractivity contribution in [1.82, 2.24) is 0 Å². The van der Waals surface area contributed by atoms with Crippen LogP contribution in [0.2, 0.25) is 0 Å². The molecular formula is C15H12F2. The fourth-order valence-electron chi connectivity index (χ4n) is 2.48. The van der Waals surface area contributed by atoms with Crippen LogP contribution in [0.3, 0.4) is 0 Å². The van der Waals surface area contributed by atoms with E-state index in [1.54, 1.807) is 24.3 Å². The number of halogens is 2. The number of rotatable bonds is 2. The Hall–Kier alpha value is -1.70. The van der Waals surface area contributed by atoms with E-state index in [1.807, 2.05) is 36.4 Å². The van der Waals surface area contributed by atoms with Crippen LogP contribution in [-0.2, 0) is 0 Å². The molecule has 2 aromatic rings. The maximum absolute atomic E-state index is 13.8. The molecule has 0 aliphatic heterocycles. The predicted molar refractivity (Wildman–Crippen MR) is 63.3 cm³/mol. The maximum Gasteiger partial charge on any atom is 0.263 e. The zero-order valence-electron chi connectivity index (χ0n) is 9.18. The lowest BCUT2D eigenvalue weighted by Crippen LogP contribution is -1.94. The van der Waals surface area contributed by atoms with Crippen LogP contribution in [0.15, 0.2) is 60.7 Å². The van der Waals surface area contributed by atoms with E-state index in [-0.39, 0.29) is 0 Å². The molecule has 0 aromatic heterocycles. The van der Waals surface area contributed by atoms with E-state index in [2.05, 4.69) is 0 Å². The van der Waals surface area contributed by atoms with Crippen molar-refractivity contribution in [2.75, 3.05) is 0 Å². The van der Waals surface area contributed by atoms with Gasteiger partial charge in [0.2, 0.25) is 0 Å².